The molecule has 0 saturated carbocycles. The van der Waals surface area contributed by atoms with Crippen molar-refractivity contribution in [2.75, 3.05) is 13.6 Å². The van der Waals surface area contributed by atoms with Crippen LogP contribution in [0.25, 0.3) is 0 Å². The van der Waals surface area contributed by atoms with Crippen molar-refractivity contribution in [3.63, 3.8) is 0 Å². The molecule has 0 amide bonds. The molecule has 0 saturated heterocycles. The van der Waals surface area contributed by atoms with Crippen LogP contribution in [0.15, 0.2) is 18.7 Å². The van der Waals surface area contributed by atoms with Crippen LogP contribution >= 0.6 is 0 Å². The van der Waals surface area contributed by atoms with Crippen molar-refractivity contribution in [2.45, 2.75) is 40.2 Å². The van der Waals surface area contributed by atoms with Crippen molar-refractivity contribution in [1.29, 1.82) is 0 Å². The van der Waals surface area contributed by atoms with Crippen LogP contribution in [-0.4, -0.2) is 23.4 Å². The van der Waals surface area contributed by atoms with Crippen molar-refractivity contribution in [2.24, 2.45) is 5.41 Å². The first-order chi connectivity index (χ1) is 8.08. The van der Waals surface area contributed by atoms with Crippen LogP contribution in [0, 0.1) is 5.41 Å². The second-order valence-electron chi connectivity index (χ2n) is 4.86. The van der Waals surface area contributed by atoms with Crippen LogP contribution in [0.5, 0.6) is 0 Å². The maximum Gasteiger partial charge on any atom is 0.0624 e. The van der Waals surface area contributed by atoms with Gasteiger partial charge in [0.25, 0.3) is 0 Å². The molecule has 1 rings (SSSR count). The Morgan fingerprint density at radius 2 is 2.24 bits per heavy atom. The molecule has 0 aromatic carbocycles. The van der Waals surface area contributed by atoms with E-state index in [-0.39, 0.29) is 5.41 Å². The molecule has 0 bridgehead atoms. The van der Waals surface area contributed by atoms with Crippen molar-refractivity contribution < 1.29 is 0 Å². The average Bonchev–Trinajstić information content (AvgIpc) is 2.71. The molecule has 1 N–H and O–H groups in total. The Morgan fingerprint density at radius 1 is 1.53 bits per heavy atom. The van der Waals surface area contributed by atoms with Gasteiger partial charge in [0.1, 0.15) is 0 Å². The van der Waals surface area contributed by atoms with Crippen molar-refractivity contribution in [1.82, 2.24) is 15.1 Å². The molecule has 1 heterocycles. The van der Waals surface area contributed by atoms with Gasteiger partial charge >= 0.3 is 0 Å². The van der Waals surface area contributed by atoms with Gasteiger partial charge in [-0.25, -0.2) is 0 Å². The Kier molecular flexibility index (Phi) is 4.94. The summed E-state index contributed by atoms with van der Waals surface area (Å²) in [6.45, 7) is 12.3. The van der Waals surface area contributed by atoms with Crippen LogP contribution in [0.1, 0.15) is 32.2 Å². The molecule has 3 nitrogen and oxygen atoms in total. The molecule has 0 aliphatic carbocycles. The fraction of sp³-hybridized carbons (Fsp3) is 0.643. The van der Waals surface area contributed by atoms with Crippen LogP contribution in [0.4, 0.5) is 0 Å². The highest BCUT2D eigenvalue weighted by molar-refractivity contribution is 5.14. The number of hydrogen-bond donors (Lipinski definition) is 1. The first kappa shape index (κ1) is 14.0. The standard InChI is InChI=1S/C14H25N3/c1-6-12-9-13(17(8-3)16-12)10-14(4,7-2)11-15-5/h7,9,15H,2,6,8,10-11H2,1,3-5H3. The molecule has 1 unspecified atom stereocenters. The Balaban J connectivity index is 2.91. The summed E-state index contributed by atoms with van der Waals surface area (Å²) in [5.41, 5.74) is 2.58. The summed E-state index contributed by atoms with van der Waals surface area (Å²) in [6, 6.07) is 2.22. The topological polar surface area (TPSA) is 29.9 Å². The van der Waals surface area contributed by atoms with Crippen molar-refractivity contribution in [3.8, 4) is 0 Å². The largest absolute Gasteiger partial charge is 0.319 e. The van der Waals surface area contributed by atoms with Gasteiger partial charge in [-0.3, -0.25) is 4.68 Å². The zero-order chi connectivity index (χ0) is 12.9. The van der Waals surface area contributed by atoms with Crippen LogP contribution in [-0.2, 0) is 19.4 Å². The fourth-order valence-electron chi connectivity index (χ4n) is 2.13. The van der Waals surface area contributed by atoms with Gasteiger partial charge in [0.2, 0.25) is 0 Å². The van der Waals surface area contributed by atoms with E-state index in [1.165, 1.54) is 11.4 Å². The van der Waals surface area contributed by atoms with Crippen LogP contribution < -0.4 is 5.32 Å². The highest BCUT2D eigenvalue weighted by Gasteiger charge is 2.22. The zero-order valence-electron chi connectivity index (χ0n) is 11.6. The third-order valence-electron chi connectivity index (χ3n) is 3.23. The zero-order valence-corrected chi connectivity index (χ0v) is 11.6. The number of nitrogens with one attached hydrogen (secondary N) is 1. The van der Waals surface area contributed by atoms with Crippen LogP contribution in [0.3, 0.4) is 0 Å². The lowest BCUT2D eigenvalue weighted by Crippen LogP contribution is -2.30. The van der Waals surface area contributed by atoms with Gasteiger partial charge in [-0.05, 0) is 32.9 Å². The maximum atomic E-state index is 4.59. The average molecular weight is 235 g/mol. The first-order valence-electron chi connectivity index (χ1n) is 6.42. The Hall–Kier alpha value is -1.09. The van der Waals surface area contributed by atoms with E-state index in [9.17, 15) is 0 Å². The third-order valence-corrected chi connectivity index (χ3v) is 3.23. The Morgan fingerprint density at radius 3 is 2.71 bits per heavy atom. The maximum absolute atomic E-state index is 4.59. The van der Waals surface area contributed by atoms with E-state index in [0.717, 1.165) is 25.9 Å². The van der Waals surface area contributed by atoms with E-state index in [0.29, 0.717) is 0 Å². The summed E-state index contributed by atoms with van der Waals surface area (Å²) in [7, 11) is 1.98. The minimum atomic E-state index is 0.0900. The fourth-order valence-corrected chi connectivity index (χ4v) is 2.13. The van der Waals surface area contributed by atoms with Gasteiger partial charge in [-0.1, -0.05) is 19.9 Å². The summed E-state index contributed by atoms with van der Waals surface area (Å²) >= 11 is 0. The Bertz CT molecular complexity index is 368. The number of aromatic nitrogens is 2. The lowest BCUT2D eigenvalue weighted by molar-refractivity contribution is 0.391. The van der Waals surface area contributed by atoms with Crippen molar-refractivity contribution in [3.05, 3.63) is 30.1 Å². The quantitative estimate of drug-likeness (QED) is 0.736. The molecule has 0 fully saturated rings. The molecular weight excluding hydrogens is 210 g/mol. The second kappa shape index (κ2) is 6.01. The summed E-state index contributed by atoms with van der Waals surface area (Å²) in [4.78, 5) is 0. The molecule has 0 radical (unpaired) electrons. The summed E-state index contributed by atoms with van der Waals surface area (Å²) in [5, 5.41) is 7.82. The number of nitrogens with zero attached hydrogens (tertiary/aromatic N) is 2. The lowest BCUT2D eigenvalue weighted by Gasteiger charge is -2.25. The van der Waals surface area contributed by atoms with Gasteiger partial charge in [0.05, 0.1) is 5.69 Å². The van der Waals surface area contributed by atoms with Gasteiger partial charge in [-0.15, -0.1) is 6.58 Å². The minimum Gasteiger partial charge on any atom is -0.319 e. The number of aryl methyl sites for hydroxylation is 2. The minimum absolute atomic E-state index is 0.0900. The molecule has 96 valence electrons. The van der Waals surface area contributed by atoms with E-state index in [1.54, 1.807) is 0 Å². The first-order valence-corrected chi connectivity index (χ1v) is 6.42. The van der Waals surface area contributed by atoms with E-state index in [1.807, 2.05) is 13.1 Å². The monoisotopic (exact) mass is 235 g/mol. The normalized spacial score (nSPS) is 14.6. The predicted octanol–water partition coefficient (Wildman–Crippen LogP) is 2.42. The molecule has 1 aromatic heterocycles. The highest BCUT2D eigenvalue weighted by Crippen LogP contribution is 2.23. The van der Waals surface area contributed by atoms with Crippen molar-refractivity contribution >= 4 is 0 Å². The molecule has 0 spiro atoms. The van der Waals surface area contributed by atoms with E-state index in [2.05, 4.69) is 48.5 Å². The molecule has 0 aliphatic heterocycles. The summed E-state index contributed by atoms with van der Waals surface area (Å²) in [5.74, 6) is 0. The smallest absolute Gasteiger partial charge is 0.0624 e. The predicted molar refractivity (Wildman–Crippen MR) is 73.2 cm³/mol. The number of hydrogen-bond acceptors (Lipinski definition) is 2. The van der Waals surface area contributed by atoms with Gasteiger partial charge in [-0.2, -0.15) is 5.10 Å². The van der Waals surface area contributed by atoms with Crippen LogP contribution in [0.2, 0.25) is 0 Å². The SMILES string of the molecule is C=CC(C)(CNC)Cc1cc(CC)nn1CC. The molecule has 3 heteroatoms. The second-order valence-corrected chi connectivity index (χ2v) is 4.86. The summed E-state index contributed by atoms with van der Waals surface area (Å²) in [6.07, 6.45) is 4.02. The molecule has 1 aromatic rings. The van der Waals surface area contributed by atoms with Gasteiger partial charge in [0.15, 0.2) is 0 Å². The van der Waals surface area contributed by atoms with E-state index < -0.39 is 0 Å². The lowest BCUT2D eigenvalue weighted by atomic mass is 9.85. The van der Waals surface area contributed by atoms with E-state index >= 15 is 0 Å². The molecule has 1 atom stereocenters. The Labute approximate surface area is 105 Å². The summed E-state index contributed by atoms with van der Waals surface area (Å²) < 4.78 is 2.11. The highest BCUT2D eigenvalue weighted by atomic mass is 15.3. The number of rotatable bonds is 7. The van der Waals surface area contributed by atoms with Gasteiger partial charge < -0.3 is 5.32 Å². The van der Waals surface area contributed by atoms with E-state index in [4.69, 9.17) is 0 Å². The third kappa shape index (κ3) is 3.43. The molecular formula is C14H25N3. The van der Waals surface area contributed by atoms with Gasteiger partial charge in [0, 0.05) is 24.2 Å². The molecule has 17 heavy (non-hydrogen) atoms. The molecule has 0 aliphatic rings.